The van der Waals surface area contributed by atoms with Crippen molar-refractivity contribution in [1.82, 2.24) is 9.88 Å². The van der Waals surface area contributed by atoms with Gasteiger partial charge in [0.25, 0.3) is 5.91 Å². The first-order valence-electron chi connectivity index (χ1n) is 7.94. The number of thiocarbonyl (C=S) groups is 1. The summed E-state index contributed by atoms with van der Waals surface area (Å²) in [6.45, 7) is 0.421. The number of nitrogens with zero attached hydrogens (tertiary/aromatic N) is 2. The molecule has 0 saturated carbocycles. The van der Waals surface area contributed by atoms with Crippen LogP contribution in [0.3, 0.4) is 0 Å². The highest BCUT2D eigenvalue weighted by molar-refractivity contribution is 8.26. The second-order valence-electron chi connectivity index (χ2n) is 5.58. The van der Waals surface area contributed by atoms with Gasteiger partial charge in [-0.15, -0.1) is 11.3 Å². The molecule has 2 aliphatic rings. The fraction of sp³-hybridized carbons (Fsp3) is 0.176. The van der Waals surface area contributed by atoms with Crippen LogP contribution in [0.25, 0.3) is 6.08 Å². The number of thiazole rings is 1. The molecule has 27 heavy (non-hydrogen) atoms. The SMILES string of the molecule is O=C(CCN1C(=O)/C(=C\c2ccc3c(c2)OCO3)SC1=S)Nc1nccs1. The van der Waals surface area contributed by atoms with E-state index in [1.54, 1.807) is 23.7 Å². The van der Waals surface area contributed by atoms with Crippen LogP contribution in [0.2, 0.25) is 0 Å². The maximum absolute atomic E-state index is 12.6. The molecule has 1 saturated heterocycles. The normalized spacial score (nSPS) is 17.0. The van der Waals surface area contributed by atoms with Gasteiger partial charge >= 0.3 is 0 Å². The van der Waals surface area contributed by atoms with E-state index >= 15 is 0 Å². The van der Waals surface area contributed by atoms with Crippen LogP contribution in [-0.4, -0.2) is 39.4 Å². The van der Waals surface area contributed by atoms with Gasteiger partial charge in [-0.2, -0.15) is 0 Å². The highest BCUT2D eigenvalue weighted by atomic mass is 32.2. The van der Waals surface area contributed by atoms with Gasteiger partial charge in [-0.25, -0.2) is 4.98 Å². The molecule has 0 aliphatic carbocycles. The van der Waals surface area contributed by atoms with Gasteiger partial charge in [-0.05, 0) is 23.8 Å². The van der Waals surface area contributed by atoms with Crippen LogP contribution < -0.4 is 14.8 Å². The van der Waals surface area contributed by atoms with Crippen LogP contribution in [0.1, 0.15) is 12.0 Å². The van der Waals surface area contributed by atoms with E-state index < -0.39 is 0 Å². The molecule has 2 aliphatic heterocycles. The van der Waals surface area contributed by atoms with E-state index in [2.05, 4.69) is 10.3 Å². The summed E-state index contributed by atoms with van der Waals surface area (Å²) in [5.74, 6) is 0.924. The number of fused-ring (bicyclic) bond motifs is 1. The van der Waals surface area contributed by atoms with Crippen molar-refractivity contribution in [3.63, 3.8) is 0 Å². The summed E-state index contributed by atoms with van der Waals surface area (Å²) < 4.78 is 11.1. The van der Waals surface area contributed by atoms with Crippen molar-refractivity contribution in [1.29, 1.82) is 0 Å². The zero-order chi connectivity index (χ0) is 18.8. The predicted molar refractivity (Wildman–Crippen MR) is 108 cm³/mol. The number of amides is 2. The smallest absolute Gasteiger partial charge is 0.266 e. The quantitative estimate of drug-likeness (QED) is 0.589. The summed E-state index contributed by atoms with van der Waals surface area (Å²) in [4.78, 5) is 30.6. The molecule has 1 aromatic heterocycles. The van der Waals surface area contributed by atoms with Crippen molar-refractivity contribution in [3.8, 4) is 11.5 Å². The van der Waals surface area contributed by atoms with Crippen LogP contribution >= 0.6 is 35.3 Å². The summed E-state index contributed by atoms with van der Waals surface area (Å²) in [5.41, 5.74) is 0.821. The number of anilines is 1. The number of carbonyl (C=O) groups is 2. The number of hydrogen-bond donors (Lipinski definition) is 1. The number of hydrogen-bond acceptors (Lipinski definition) is 8. The first kappa shape index (κ1) is 18.0. The first-order valence-corrected chi connectivity index (χ1v) is 10.0. The van der Waals surface area contributed by atoms with Gasteiger partial charge in [0.2, 0.25) is 12.7 Å². The lowest BCUT2D eigenvalue weighted by Gasteiger charge is -2.13. The van der Waals surface area contributed by atoms with Gasteiger partial charge in [-0.3, -0.25) is 14.5 Å². The lowest BCUT2D eigenvalue weighted by atomic mass is 10.2. The highest BCUT2D eigenvalue weighted by Crippen LogP contribution is 2.36. The van der Waals surface area contributed by atoms with Crippen molar-refractivity contribution in [2.75, 3.05) is 18.7 Å². The van der Waals surface area contributed by atoms with E-state index in [9.17, 15) is 9.59 Å². The molecule has 2 amide bonds. The second-order valence-corrected chi connectivity index (χ2v) is 8.15. The summed E-state index contributed by atoms with van der Waals surface area (Å²) >= 11 is 7.86. The Bertz CT molecular complexity index is 943. The fourth-order valence-electron chi connectivity index (χ4n) is 2.53. The Balaban J connectivity index is 1.40. The zero-order valence-electron chi connectivity index (χ0n) is 13.8. The molecule has 0 spiro atoms. The van der Waals surface area contributed by atoms with E-state index in [0.29, 0.717) is 25.9 Å². The van der Waals surface area contributed by atoms with Gasteiger partial charge in [0, 0.05) is 24.5 Å². The molecule has 7 nitrogen and oxygen atoms in total. The van der Waals surface area contributed by atoms with Crippen LogP contribution in [0.15, 0.2) is 34.7 Å². The van der Waals surface area contributed by atoms with Crippen LogP contribution in [0.4, 0.5) is 5.13 Å². The molecule has 1 fully saturated rings. The molecule has 138 valence electrons. The molecule has 4 rings (SSSR count). The molecule has 10 heteroatoms. The molecule has 2 aromatic rings. The maximum atomic E-state index is 12.6. The Labute approximate surface area is 168 Å². The van der Waals surface area contributed by atoms with Gasteiger partial charge in [0.1, 0.15) is 4.32 Å². The Morgan fingerprint density at radius 3 is 3.04 bits per heavy atom. The van der Waals surface area contributed by atoms with Crippen LogP contribution in [0.5, 0.6) is 11.5 Å². The molecule has 3 heterocycles. The molecular weight excluding hydrogens is 406 g/mol. The Hall–Kier alpha value is -2.43. The summed E-state index contributed by atoms with van der Waals surface area (Å²) in [5, 5.41) is 5.00. The monoisotopic (exact) mass is 419 g/mol. The Kier molecular flexibility index (Phi) is 5.10. The van der Waals surface area contributed by atoms with Crippen LogP contribution in [-0.2, 0) is 9.59 Å². The van der Waals surface area contributed by atoms with Gasteiger partial charge < -0.3 is 14.8 Å². The molecule has 1 N–H and O–H groups in total. The van der Waals surface area contributed by atoms with Crippen molar-refractivity contribution < 1.29 is 19.1 Å². The van der Waals surface area contributed by atoms with E-state index in [-0.39, 0.29) is 31.6 Å². The van der Waals surface area contributed by atoms with Crippen LogP contribution in [0, 0.1) is 0 Å². The van der Waals surface area contributed by atoms with Gasteiger partial charge in [0.05, 0.1) is 4.91 Å². The fourth-order valence-corrected chi connectivity index (χ4v) is 4.38. The first-order chi connectivity index (χ1) is 13.1. The molecule has 0 unspecified atom stereocenters. The number of ether oxygens (including phenoxy) is 2. The van der Waals surface area contributed by atoms with Crippen molar-refractivity contribution in [3.05, 3.63) is 40.2 Å². The third kappa shape index (κ3) is 3.97. The number of nitrogens with one attached hydrogen (secondary N) is 1. The third-order valence-corrected chi connectivity index (χ3v) is 5.88. The molecular formula is C17H13N3O4S3. The largest absolute Gasteiger partial charge is 0.454 e. The Morgan fingerprint density at radius 2 is 2.22 bits per heavy atom. The molecule has 1 aromatic carbocycles. The van der Waals surface area contributed by atoms with E-state index in [4.69, 9.17) is 21.7 Å². The van der Waals surface area contributed by atoms with E-state index in [1.165, 1.54) is 28.0 Å². The lowest BCUT2D eigenvalue weighted by Crippen LogP contribution is -2.31. The Morgan fingerprint density at radius 1 is 1.37 bits per heavy atom. The molecule has 0 atom stereocenters. The minimum Gasteiger partial charge on any atom is -0.454 e. The van der Waals surface area contributed by atoms with Gasteiger partial charge in [-0.1, -0.05) is 30.0 Å². The topological polar surface area (TPSA) is 80.8 Å². The number of carbonyl (C=O) groups excluding carboxylic acids is 2. The third-order valence-electron chi connectivity index (χ3n) is 3.81. The highest BCUT2D eigenvalue weighted by Gasteiger charge is 2.32. The molecule has 0 bridgehead atoms. The number of aromatic nitrogens is 1. The zero-order valence-corrected chi connectivity index (χ0v) is 16.3. The number of benzene rings is 1. The summed E-state index contributed by atoms with van der Waals surface area (Å²) in [7, 11) is 0. The van der Waals surface area contributed by atoms with E-state index in [0.717, 1.165) is 5.56 Å². The van der Waals surface area contributed by atoms with Crippen molar-refractivity contribution in [2.45, 2.75) is 6.42 Å². The van der Waals surface area contributed by atoms with Gasteiger partial charge in [0.15, 0.2) is 16.6 Å². The summed E-state index contributed by atoms with van der Waals surface area (Å²) in [6.07, 6.45) is 3.52. The van der Waals surface area contributed by atoms with Crippen molar-refractivity contribution in [2.24, 2.45) is 0 Å². The van der Waals surface area contributed by atoms with Crippen molar-refractivity contribution >= 4 is 62.7 Å². The minimum absolute atomic E-state index is 0.142. The molecule has 0 radical (unpaired) electrons. The average molecular weight is 420 g/mol. The second kappa shape index (κ2) is 7.67. The summed E-state index contributed by atoms with van der Waals surface area (Å²) in [6, 6.07) is 5.47. The standard InChI is InChI=1S/C17H13N3O4S3/c21-14(19-16-18-4-6-26-16)3-5-20-15(22)13(27-17(20)25)8-10-1-2-11-12(7-10)24-9-23-11/h1-2,4,6-8H,3,5,9H2,(H,18,19,21)/b13-8+. The average Bonchev–Trinajstić information content (AvgIpc) is 3.36. The number of rotatable bonds is 5. The maximum Gasteiger partial charge on any atom is 0.266 e. The predicted octanol–water partition coefficient (Wildman–Crippen LogP) is 3.10. The lowest BCUT2D eigenvalue weighted by molar-refractivity contribution is -0.122. The van der Waals surface area contributed by atoms with E-state index in [1.807, 2.05) is 12.1 Å². The number of thioether (sulfide) groups is 1. The minimum atomic E-state index is -0.209.